The van der Waals surface area contributed by atoms with Gasteiger partial charge in [-0.3, -0.25) is 4.79 Å². The molecule has 0 aromatic heterocycles. The molecular formula is C31H33NO7. The molecule has 3 aromatic rings. The Balaban J connectivity index is 1.82. The van der Waals surface area contributed by atoms with Crippen molar-refractivity contribution < 1.29 is 33.2 Å². The predicted molar refractivity (Wildman–Crippen MR) is 152 cm³/mol. The van der Waals surface area contributed by atoms with Crippen LogP contribution in [-0.2, 0) is 4.79 Å². The number of nitrogens with zero attached hydrogens (tertiary/aromatic N) is 1. The molecule has 1 heterocycles. The average Bonchev–Trinajstić information content (AvgIpc) is 2.98. The van der Waals surface area contributed by atoms with E-state index in [9.17, 15) is 4.79 Å². The number of ketones is 1. The second kappa shape index (κ2) is 12.3. The number of carbonyl (C=O) groups excluding carboxylic acids is 1. The third-order valence-electron chi connectivity index (χ3n) is 6.48. The van der Waals surface area contributed by atoms with Crippen molar-refractivity contribution in [3.8, 4) is 34.5 Å². The van der Waals surface area contributed by atoms with Crippen LogP contribution in [0, 0.1) is 0 Å². The topological polar surface area (TPSA) is 75.7 Å². The van der Waals surface area contributed by atoms with Crippen molar-refractivity contribution in [2.45, 2.75) is 0 Å². The van der Waals surface area contributed by atoms with Gasteiger partial charge < -0.3 is 33.3 Å². The highest BCUT2D eigenvalue weighted by Crippen LogP contribution is 2.40. The lowest BCUT2D eigenvalue weighted by Gasteiger charge is -2.32. The zero-order chi connectivity index (χ0) is 27.9. The van der Waals surface area contributed by atoms with Crippen molar-refractivity contribution in [1.82, 2.24) is 0 Å². The quantitative estimate of drug-likeness (QED) is 0.345. The minimum atomic E-state index is -0.0512. The molecule has 1 aliphatic rings. The van der Waals surface area contributed by atoms with Gasteiger partial charge in [-0.15, -0.1) is 0 Å². The number of anilines is 1. The molecular weight excluding hydrogens is 498 g/mol. The second-order valence-corrected chi connectivity index (χ2v) is 8.78. The van der Waals surface area contributed by atoms with Gasteiger partial charge in [-0.2, -0.15) is 0 Å². The van der Waals surface area contributed by atoms with Crippen LogP contribution in [0.4, 0.5) is 5.69 Å². The van der Waals surface area contributed by atoms with Gasteiger partial charge in [0, 0.05) is 29.9 Å². The van der Waals surface area contributed by atoms with Crippen LogP contribution in [0.1, 0.15) is 11.1 Å². The van der Waals surface area contributed by atoms with E-state index in [1.807, 2.05) is 66.7 Å². The summed E-state index contributed by atoms with van der Waals surface area (Å²) in [6.45, 7) is 0.873. The van der Waals surface area contributed by atoms with Crippen molar-refractivity contribution in [3.05, 3.63) is 76.9 Å². The summed E-state index contributed by atoms with van der Waals surface area (Å²) in [5, 5.41) is 0. The van der Waals surface area contributed by atoms with Crippen molar-refractivity contribution in [1.29, 1.82) is 0 Å². The molecule has 0 N–H and O–H groups in total. The number of benzene rings is 3. The fraction of sp³-hybridized carbons (Fsp3) is 0.258. The van der Waals surface area contributed by atoms with E-state index in [-0.39, 0.29) is 5.78 Å². The average molecular weight is 532 g/mol. The van der Waals surface area contributed by atoms with Crippen molar-refractivity contribution in [3.63, 3.8) is 0 Å². The third kappa shape index (κ3) is 5.80. The van der Waals surface area contributed by atoms with Crippen LogP contribution in [0.25, 0.3) is 12.2 Å². The fourth-order valence-corrected chi connectivity index (χ4v) is 4.63. The first kappa shape index (κ1) is 27.4. The maximum atomic E-state index is 13.8. The molecule has 39 heavy (non-hydrogen) atoms. The Hall–Kier alpha value is -4.59. The van der Waals surface area contributed by atoms with E-state index < -0.39 is 0 Å². The van der Waals surface area contributed by atoms with Gasteiger partial charge in [-0.25, -0.2) is 0 Å². The first-order valence-corrected chi connectivity index (χ1v) is 12.3. The van der Waals surface area contributed by atoms with E-state index in [1.165, 1.54) is 0 Å². The van der Waals surface area contributed by atoms with Crippen LogP contribution < -0.4 is 33.3 Å². The number of piperidine rings is 1. The standard InChI is InChI=1S/C31H33NO7/c1-34-25-14-20(15-26(35-2)30(25)38-5)12-22-18-32(24-10-8-7-9-11-24)19-23(29(22)33)13-21-16-27(36-3)31(39-6)28(17-21)37-4/h7-17H,18-19H2,1-6H3/b22-12+,23-13+. The molecule has 8 heteroatoms. The number of Topliss-reactive ketones (excluding diaryl/α,β-unsaturated/α-hetero) is 1. The number of para-hydroxylation sites is 1. The lowest BCUT2D eigenvalue weighted by molar-refractivity contribution is -0.112. The summed E-state index contributed by atoms with van der Waals surface area (Å²) in [5.74, 6) is 2.99. The van der Waals surface area contributed by atoms with E-state index >= 15 is 0 Å². The third-order valence-corrected chi connectivity index (χ3v) is 6.48. The van der Waals surface area contributed by atoms with Crippen LogP contribution in [0.2, 0.25) is 0 Å². The van der Waals surface area contributed by atoms with Crippen LogP contribution >= 0.6 is 0 Å². The number of carbonyl (C=O) groups is 1. The van der Waals surface area contributed by atoms with E-state index in [0.717, 1.165) is 16.8 Å². The number of hydrogen-bond donors (Lipinski definition) is 0. The molecule has 1 aliphatic heterocycles. The van der Waals surface area contributed by atoms with Gasteiger partial charge in [0.1, 0.15) is 0 Å². The minimum Gasteiger partial charge on any atom is -0.493 e. The summed E-state index contributed by atoms with van der Waals surface area (Å²) in [6.07, 6.45) is 3.73. The molecule has 1 fully saturated rings. The Kier molecular flexibility index (Phi) is 8.66. The Morgan fingerprint density at radius 3 is 1.31 bits per heavy atom. The monoisotopic (exact) mass is 531 g/mol. The highest BCUT2D eigenvalue weighted by atomic mass is 16.5. The molecule has 0 atom stereocenters. The Labute approximate surface area is 229 Å². The summed E-state index contributed by atoms with van der Waals surface area (Å²) in [6, 6.07) is 17.3. The fourth-order valence-electron chi connectivity index (χ4n) is 4.63. The van der Waals surface area contributed by atoms with Crippen LogP contribution in [0.3, 0.4) is 0 Å². The van der Waals surface area contributed by atoms with Gasteiger partial charge >= 0.3 is 0 Å². The van der Waals surface area contributed by atoms with Gasteiger partial charge in [0.15, 0.2) is 28.8 Å². The SMILES string of the molecule is COc1cc(/C=C2\CN(c3ccccc3)C/C(=C\c3cc(OC)c(OC)c(OC)c3)C2=O)cc(OC)c1OC. The van der Waals surface area contributed by atoms with E-state index in [1.54, 1.807) is 42.7 Å². The Morgan fingerprint density at radius 1 is 0.590 bits per heavy atom. The smallest absolute Gasteiger partial charge is 0.203 e. The first-order chi connectivity index (χ1) is 19.0. The molecule has 0 bridgehead atoms. The van der Waals surface area contributed by atoms with Gasteiger partial charge in [0.2, 0.25) is 11.5 Å². The molecule has 4 rings (SSSR count). The number of hydrogen-bond acceptors (Lipinski definition) is 8. The van der Waals surface area contributed by atoms with E-state index in [0.29, 0.717) is 58.7 Å². The molecule has 0 saturated carbocycles. The molecule has 204 valence electrons. The highest BCUT2D eigenvalue weighted by Gasteiger charge is 2.27. The molecule has 8 nitrogen and oxygen atoms in total. The molecule has 1 saturated heterocycles. The predicted octanol–water partition coefficient (Wildman–Crippen LogP) is 5.29. The zero-order valence-corrected chi connectivity index (χ0v) is 23.1. The molecule has 3 aromatic carbocycles. The van der Waals surface area contributed by atoms with E-state index in [4.69, 9.17) is 28.4 Å². The maximum absolute atomic E-state index is 13.8. The van der Waals surface area contributed by atoms with Crippen LogP contribution in [-0.4, -0.2) is 61.5 Å². The summed E-state index contributed by atoms with van der Waals surface area (Å²) in [5.41, 5.74) is 3.78. The molecule has 0 spiro atoms. The molecule has 0 unspecified atom stereocenters. The lowest BCUT2D eigenvalue weighted by atomic mass is 9.93. The summed E-state index contributed by atoms with van der Waals surface area (Å²) < 4.78 is 33.0. The van der Waals surface area contributed by atoms with Gasteiger partial charge in [0.05, 0.1) is 42.7 Å². The van der Waals surface area contributed by atoms with Crippen LogP contribution in [0.5, 0.6) is 34.5 Å². The first-order valence-electron chi connectivity index (χ1n) is 12.3. The minimum absolute atomic E-state index is 0.0512. The van der Waals surface area contributed by atoms with Gasteiger partial charge in [-0.05, 0) is 59.7 Å². The molecule has 0 amide bonds. The number of rotatable bonds is 9. The summed E-state index contributed by atoms with van der Waals surface area (Å²) in [4.78, 5) is 16.0. The molecule has 0 aliphatic carbocycles. The zero-order valence-electron chi connectivity index (χ0n) is 23.1. The Bertz CT molecular complexity index is 1260. The van der Waals surface area contributed by atoms with Gasteiger partial charge in [-0.1, -0.05) is 18.2 Å². The van der Waals surface area contributed by atoms with Crippen molar-refractivity contribution >= 4 is 23.6 Å². The highest BCUT2D eigenvalue weighted by molar-refractivity contribution is 6.15. The van der Waals surface area contributed by atoms with E-state index in [2.05, 4.69) is 4.90 Å². The van der Waals surface area contributed by atoms with Crippen LogP contribution in [0.15, 0.2) is 65.7 Å². The normalized spacial score (nSPS) is 15.3. The summed E-state index contributed by atoms with van der Waals surface area (Å²) >= 11 is 0. The lowest BCUT2D eigenvalue weighted by Crippen LogP contribution is -2.37. The largest absolute Gasteiger partial charge is 0.493 e. The maximum Gasteiger partial charge on any atom is 0.203 e. The van der Waals surface area contributed by atoms with Gasteiger partial charge in [0.25, 0.3) is 0 Å². The number of methoxy groups -OCH3 is 6. The second-order valence-electron chi connectivity index (χ2n) is 8.78. The Morgan fingerprint density at radius 2 is 0.974 bits per heavy atom. The molecule has 0 radical (unpaired) electrons. The van der Waals surface area contributed by atoms with Crippen molar-refractivity contribution in [2.75, 3.05) is 60.6 Å². The number of ether oxygens (including phenoxy) is 6. The summed E-state index contributed by atoms with van der Waals surface area (Å²) in [7, 11) is 9.37. The van der Waals surface area contributed by atoms with Crippen molar-refractivity contribution in [2.24, 2.45) is 0 Å².